The highest BCUT2D eigenvalue weighted by molar-refractivity contribution is 9.10. The van der Waals surface area contributed by atoms with E-state index >= 15 is 0 Å². The van der Waals surface area contributed by atoms with Crippen molar-refractivity contribution >= 4 is 21.7 Å². The molecule has 0 heterocycles. The molecule has 0 aromatic heterocycles. The molecule has 0 atom stereocenters. The van der Waals surface area contributed by atoms with E-state index in [2.05, 4.69) is 15.9 Å². The highest BCUT2D eigenvalue weighted by atomic mass is 79.9. The fraction of sp³-hybridized carbons (Fsp3) is 0.417. The van der Waals surface area contributed by atoms with Crippen LogP contribution in [0.1, 0.15) is 37.0 Å². The summed E-state index contributed by atoms with van der Waals surface area (Å²) >= 11 is 3.31. The van der Waals surface area contributed by atoms with Gasteiger partial charge in [-0.05, 0) is 25.0 Å². The molecule has 0 amide bonds. The summed E-state index contributed by atoms with van der Waals surface area (Å²) in [5, 5.41) is 10.1. The molecular formula is C12H15BrO2. The van der Waals surface area contributed by atoms with Crippen LogP contribution in [0, 0.1) is 0 Å². The Morgan fingerprint density at radius 2 is 1.73 bits per heavy atom. The van der Waals surface area contributed by atoms with Gasteiger partial charge < -0.3 is 5.11 Å². The van der Waals surface area contributed by atoms with Gasteiger partial charge >= 0.3 is 0 Å². The lowest BCUT2D eigenvalue weighted by atomic mass is 9.88. The largest absolute Gasteiger partial charge is 0.382 e. The van der Waals surface area contributed by atoms with E-state index < -0.39 is 5.60 Å². The Morgan fingerprint density at radius 3 is 2.13 bits per heavy atom. The van der Waals surface area contributed by atoms with Crippen molar-refractivity contribution < 1.29 is 9.90 Å². The molecule has 1 aromatic carbocycles. The molecule has 1 rings (SSSR count). The van der Waals surface area contributed by atoms with E-state index in [0.717, 1.165) is 4.47 Å². The van der Waals surface area contributed by atoms with Crippen molar-refractivity contribution in [3.05, 3.63) is 34.3 Å². The minimum Gasteiger partial charge on any atom is -0.382 e. The summed E-state index contributed by atoms with van der Waals surface area (Å²) in [5.74, 6) is -0.194. The number of halogens is 1. The third-order valence-electron chi connectivity index (χ3n) is 2.70. The van der Waals surface area contributed by atoms with Gasteiger partial charge in [-0.15, -0.1) is 0 Å². The van der Waals surface area contributed by atoms with Crippen LogP contribution in [0.5, 0.6) is 0 Å². The van der Waals surface area contributed by atoms with E-state index in [4.69, 9.17) is 0 Å². The van der Waals surface area contributed by atoms with Crippen LogP contribution in [0.25, 0.3) is 0 Å². The molecule has 3 heteroatoms. The Bertz CT molecular complexity index is 339. The van der Waals surface area contributed by atoms with Gasteiger partial charge in [0.25, 0.3) is 0 Å². The minimum absolute atomic E-state index is 0.194. The van der Waals surface area contributed by atoms with Crippen LogP contribution in [0.15, 0.2) is 28.7 Å². The third kappa shape index (κ3) is 2.67. The predicted molar refractivity (Wildman–Crippen MR) is 64.0 cm³/mol. The van der Waals surface area contributed by atoms with Crippen molar-refractivity contribution in [1.29, 1.82) is 0 Å². The van der Waals surface area contributed by atoms with Crippen LogP contribution < -0.4 is 0 Å². The lowest BCUT2D eigenvalue weighted by molar-refractivity contribution is 0.0277. The lowest BCUT2D eigenvalue weighted by Gasteiger charge is -2.23. The second kappa shape index (κ2) is 4.90. The van der Waals surface area contributed by atoms with E-state index in [-0.39, 0.29) is 5.78 Å². The van der Waals surface area contributed by atoms with Gasteiger partial charge in [-0.1, -0.05) is 41.9 Å². The van der Waals surface area contributed by atoms with Crippen LogP contribution >= 0.6 is 15.9 Å². The van der Waals surface area contributed by atoms with Crippen LogP contribution in [0.4, 0.5) is 0 Å². The molecule has 0 bridgehead atoms. The van der Waals surface area contributed by atoms with Gasteiger partial charge in [0, 0.05) is 10.0 Å². The maximum Gasteiger partial charge on any atom is 0.194 e. The summed E-state index contributed by atoms with van der Waals surface area (Å²) in [6.45, 7) is 3.64. The van der Waals surface area contributed by atoms with Crippen molar-refractivity contribution in [3.8, 4) is 0 Å². The Hall–Kier alpha value is -0.670. The Balaban J connectivity index is 2.98. The van der Waals surface area contributed by atoms with Crippen molar-refractivity contribution in [3.63, 3.8) is 0 Å². The molecule has 82 valence electrons. The molecule has 0 aliphatic rings. The average Bonchev–Trinajstić information content (AvgIpc) is 2.28. The summed E-state index contributed by atoms with van der Waals surface area (Å²) in [4.78, 5) is 12.0. The second-order valence-corrected chi connectivity index (χ2v) is 4.49. The average molecular weight is 271 g/mol. The van der Waals surface area contributed by atoms with Crippen LogP contribution in [-0.4, -0.2) is 16.5 Å². The van der Waals surface area contributed by atoms with Crippen molar-refractivity contribution in [2.24, 2.45) is 0 Å². The molecule has 1 aromatic rings. The van der Waals surface area contributed by atoms with Crippen molar-refractivity contribution in [1.82, 2.24) is 0 Å². The monoisotopic (exact) mass is 270 g/mol. The van der Waals surface area contributed by atoms with E-state index in [0.29, 0.717) is 18.4 Å². The highest BCUT2D eigenvalue weighted by Crippen LogP contribution is 2.22. The molecule has 0 aliphatic carbocycles. The summed E-state index contributed by atoms with van der Waals surface area (Å²) in [6, 6.07) is 7.06. The Morgan fingerprint density at radius 1 is 1.27 bits per heavy atom. The van der Waals surface area contributed by atoms with E-state index in [1.54, 1.807) is 24.3 Å². The first-order valence-electron chi connectivity index (χ1n) is 5.06. The zero-order valence-electron chi connectivity index (χ0n) is 8.96. The molecule has 0 saturated heterocycles. The summed E-state index contributed by atoms with van der Waals surface area (Å²) in [6.07, 6.45) is 0.886. The lowest BCUT2D eigenvalue weighted by Crippen LogP contribution is -2.37. The fourth-order valence-corrected chi connectivity index (χ4v) is 1.71. The maximum atomic E-state index is 12.0. The fourth-order valence-electron chi connectivity index (χ4n) is 1.44. The van der Waals surface area contributed by atoms with Gasteiger partial charge in [0.2, 0.25) is 0 Å². The Kier molecular flexibility index (Phi) is 4.05. The second-order valence-electron chi connectivity index (χ2n) is 3.57. The molecule has 0 fully saturated rings. The molecule has 0 aliphatic heterocycles. The van der Waals surface area contributed by atoms with Crippen molar-refractivity contribution in [2.75, 3.05) is 0 Å². The highest BCUT2D eigenvalue weighted by Gasteiger charge is 2.32. The van der Waals surface area contributed by atoms with Gasteiger partial charge in [0.15, 0.2) is 5.78 Å². The molecule has 2 nitrogen and oxygen atoms in total. The Labute approximate surface area is 98.4 Å². The van der Waals surface area contributed by atoms with Gasteiger partial charge in [0.05, 0.1) is 0 Å². The molecule has 1 N–H and O–H groups in total. The number of rotatable bonds is 4. The molecule has 0 saturated carbocycles. The first-order chi connectivity index (χ1) is 7.03. The normalized spacial score (nSPS) is 11.5. The third-order valence-corrected chi connectivity index (χ3v) is 3.23. The van der Waals surface area contributed by atoms with Crippen LogP contribution in [0.3, 0.4) is 0 Å². The smallest absolute Gasteiger partial charge is 0.194 e. The molecule has 15 heavy (non-hydrogen) atoms. The quantitative estimate of drug-likeness (QED) is 0.854. The zero-order chi connectivity index (χ0) is 11.5. The van der Waals surface area contributed by atoms with Gasteiger partial charge in [0.1, 0.15) is 5.60 Å². The predicted octanol–water partition coefficient (Wildman–Crippen LogP) is 3.18. The van der Waals surface area contributed by atoms with Gasteiger partial charge in [-0.25, -0.2) is 0 Å². The summed E-state index contributed by atoms with van der Waals surface area (Å²) < 4.78 is 0.926. The number of hydrogen-bond donors (Lipinski definition) is 1. The number of aliphatic hydroxyl groups is 1. The number of Topliss-reactive ketones (excluding diaryl/α,β-unsaturated/α-hetero) is 1. The van der Waals surface area contributed by atoms with Crippen molar-refractivity contribution in [2.45, 2.75) is 32.3 Å². The topological polar surface area (TPSA) is 37.3 Å². The van der Waals surface area contributed by atoms with Crippen LogP contribution in [-0.2, 0) is 0 Å². The SMILES string of the molecule is CCC(O)(CC)C(=O)c1ccc(Br)cc1. The molecular weight excluding hydrogens is 256 g/mol. The summed E-state index contributed by atoms with van der Waals surface area (Å²) in [5.41, 5.74) is -0.655. The standard InChI is InChI=1S/C12H15BrO2/c1-3-12(15,4-2)11(14)9-5-7-10(13)8-6-9/h5-8,15H,3-4H2,1-2H3. The van der Waals surface area contributed by atoms with E-state index in [1.165, 1.54) is 0 Å². The molecule has 0 unspecified atom stereocenters. The number of hydrogen-bond acceptors (Lipinski definition) is 2. The molecule has 0 spiro atoms. The van der Waals surface area contributed by atoms with E-state index in [9.17, 15) is 9.90 Å². The summed E-state index contributed by atoms with van der Waals surface area (Å²) in [7, 11) is 0. The van der Waals surface area contributed by atoms with Gasteiger partial charge in [-0.3, -0.25) is 4.79 Å². The van der Waals surface area contributed by atoms with Crippen LogP contribution in [0.2, 0.25) is 0 Å². The maximum absolute atomic E-state index is 12.0. The number of carbonyl (C=O) groups is 1. The number of benzene rings is 1. The van der Waals surface area contributed by atoms with E-state index in [1.807, 2.05) is 13.8 Å². The zero-order valence-corrected chi connectivity index (χ0v) is 10.5. The number of ketones is 1. The number of carbonyl (C=O) groups excluding carboxylic acids is 1. The first-order valence-corrected chi connectivity index (χ1v) is 5.85. The van der Waals surface area contributed by atoms with Gasteiger partial charge in [-0.2, -0.15) is 0 Å². The molecule has 0 radical (unpaired) electrons. The first kappa shape index (κ1) is 12.4. The minimum atomic E-state index is -1.21.